The Morgan fingerprint density at radius 3 is 2.50 bits per heavy atom. The van der Waals surface area contributed by atoms with E-state index < -0.39 is 5.91 Å². The van der Waals surface area contributed by atoms with Crippen LogP contribution in [0.25, 0.3) is 22.4 Å². The molecule has 1 N–H and O–H groups in total. The lowest BCUT2D eigenvalue weighted by Gasteiger charge is -2.05. The van der Waals surface area contributed by atoms with E-state index >= 15 is 0 Å². The van der Waals surface area contributed by atoms with Gasteiger partial charge in [-0.3, -0.25) is 4.79 Å². The molecule has 0 aliphatic heterocycles. The molecule has 30 heavy (non-hydrogen) atoms. The average molecular weight is 423 g/mol. The zero-order chi connectivity index (χ0) is 21.3. The topological polar surface area (TPSA) is 107 Å². The van der Waals surface area contributed by atoms with Gasteiger partial charge in [0.15, 0.2) is 5.65 Å². The number of amides is 1. The Morgan fingerprint density at radius 1 is 1.07 bits per heavy atom. The predicted octanol–water partition coefficient (Wildman–Crippen LogP) is 5.29. The number of nitrogens with one attached hydrogen (secondary N) is 1. The van der Waals surface area contributed by atoms with Crippen molar-refractivity contribution in [1.29, 1.82) is 0 Å². The monoisotopic (exact) mass is 422 g/mol. The molecule has 1 amide bonds. The highest BCUT2D eigenvalue weighted by Crippen LogP contribution is 2.31. The molecule has 8 nitrogen and oxygen atoms in total. The number of fused-ring (bicyclic) bond motifs is 1. The summed E-state index contributed by atoms with van der Waals surface area (Å²) in [4.78, 5) is 34.1. The second-order valence-electron chi connectivity index (χ2n) is 6.44. The molecule has 0 radical (unpaired) electrons. The van der Waals surface area contributed by atoms with Gasteiger partial charge < -0.3 is 14.5 Å². The van der Waals surface area contributed by atoms with Crippen molar-refractivity contribution in [1.82, 2.24) is 15.0 Å². The molecule has 0 atom stereocenters. The molecule has 0 aliphatic rings. The number of aromatic amines is 1. The Balaban J connectivity index is 1.67. The largest absolute Gasteiger partial charge is 0.497 e. The summed E-state index contributed by atoms with van der Waals surface area (Å²) in [5, 5.41) is 2.91. The van der Waals surface area contributed by atoms with E-state index in [4.69, 9.17) is 21.1 Å². The van der Waals surface area contributed by atoms with E-state index in [-0.39, 0.29) is 11.6 Å². The van der Waals surface area contributed by atoms with Crippen molar-refractivity contribution in [3.8, 4) is 28.8 Å². The first-order valence-corrected chi connectivity index (χ1v) is 9.23. The lowest BCUT2D eigenvalue weighted by atomic mass is 10.1. The van der Waals surface area contributed by atoms with Crippen molar-refractivity contribution in [2.75, 3.05) is 7.11 Å². The van der Waals surface area contributed by atoms with Crippen molar-refractivity contribution >= 4 is 28.7 Å². The molecule has 4 aromatic rings. The van der Waals surface area contributed by atoms with Crippen LogP contribution < -0.4 is 9.47 Å². The summed E-state index contributed by atoms with van der Waals surface area (Å²) >= 11 is 6.41. The third kappa shape index (κ3) is 3.72. The number of ether oxygens (including phenoxy) is 2. The fourth-order valence-electron chi connectivity index (χ4n) is 2.95. The van der Waals surface area contributed by atoms with Gasteiger partial charge in [-0.15, -0.1) is 4.91 Å². The van der Waals surface area contributed by atoms with Crippen molar-refractivity contribution in [2.24, 2.45) is 5.18 Å². The number of nitrogens with zero attached hydrogens (tertiary/aromatic N) is 3. The summed E-state index contributed by atoms with van der Waals surface area (Å²) in [5.41, 5.74) is 3.18. The SMILES string of the molecule is COc1ccc(-c2nc3nc(Oc4ccc(C)c(C(=O)N=O)c4)[nH]c3cc2Cl)cc1. The maximum Gasteiger partial charge on any atom is 0.317 e. The number of hydrogen-bond acceptors (Lipinski definition) is 6. The molecular weight excluding hydrogens is 408 g/mol. The van der Waals surface area contributed by atoms with E-state index in [1.807, 2.05) is 24.3 Å². The van der Waals surface area contributed by atoms with E-state index in [0.717, 1.165) is 11.3 Å². The Hall–Kier alpha value is -3.78. The number of carbonyl (C=O) groups excluding carboxylic acids is 1. The van der Waals surface area contributed by atoms with Crippen LogP contribution in [0.2, 0.25) is 5.02 Å². The van der Waals surface area contributed by atoms with Gasteiger partial charge in [0.05, 0.1) is 28.9 Å². The zero-order valence-corrected chi connectivity index (χ0v) is 16.7. The number of imidazole rings is 1. The number of rotatable bonds is 5. The smallest absolute Gasteiger partial charge is 0.317 e. The van der Waals surface area contributed by atoms with Crippen LogP contribution in [-0.4, -0.2) is 28.0 Å². The first-order chi connectivity index (χ1) is 14.5. The maximum atomic E-state index is 11.6. The average Bonchev–Trinajstić information content (AvgIpc) is 3.15. The van der Waals surface area contributed by atoms with Gasteiger partial charge >= 0.3 is 11.9 Å². The van der Waals surface area contributed by atoms with Gasteiger partial charge in [-0.25, -0.2) is 4.98 Å². The zero-order valence-electron chi connectivity index (χ0n) is 16.0. The highest BCUT2D eigenvalue weighted by molar-refractivity contribution is 6.33. The standard InChI is InChI=1S/C21H15ClN4O4/c1-11-3-6-14(9-15(11)20(27)26-28)30-21-23-17-10-16(22)18(24-19(17)25-21)12-4-7-13(29-2)8-5-12/h3-10H,1-2H3,(H,23,24,25). The van der Waals surface area contributed by atoms with Crippen LogP contribution in [0.5, 0.6) is 17.5 Å². The number of halogens is 1. The summed E-state index contributed by atoms with van der Waals surface area (Å²) in [5.74, 6) is 0.195. The lowest BCUT2D eigenvalue weighted by molar-refractivity contribution is 0.1000. The van der Waals surface area contributed by atoms with Gasteiger partial charge in [0.25, 0.3) is 0 Å². The fourth-order valence-corrected chi connectivity index (χ4v) is 3.21. The number of hydrogen-bond donors (Lipinski definition) is 1. The van der Waals surface area contributed by atoms with E-state index in [1.54, 1.807) is 32.2 Å². The molecule has 0 saturated carbocycles. The molecule has 0 unspecified atom stereocenters. The molecule has 0 aliphatic carbocycles. The van der Waals surface area contributed by atoms with Crippen molar-refractivity contribution in [2.45, 2.75) is 6.92 Å². The Bertz CT molecular complexity index is 1270. The van der Waals surface area contributed by atoms with Gasteiger partial charge in [-0.2, -0.15) is 4.98 Å². The van der Waals surface area contributed by atoms with Gasteiger partial charge in [-0.05, 0) is 55.0 Å². The molecule has 2 aromatic carbocycles. The minimum atomic E-state index is -0.861. The third-order valence-corrected chi connectivity index (χ3v) is 4.79. The minimum Gasteiger partial charge on any atom is -0.497 e. The molecular formula is C21H15ClN4O4. The van der Waals surface area contributed by atoms with Crippen molar-refractivity contribution in [3.63, 3.8) is 0 Å². The summed E-state index contributed by atoms with van der Waals surface area (Å²) in [6.07, 6.45) is 0. The van der Waals surface area contributed by atoms with Crippen LogP contribution >= 0.6 is 11.6 Å². The Labute approximate surface area is 175 Å². The number of nitroso groups, excluding NO2 is 1. The van der Waals surface area contributed by atoms with Gasteiger partial charge in [0.1, 0.15) is 11.5 Å². The molecule has 0 fully saturated rings. The predicted molar refractivity (Wildman–Crippen MR) is 112 cm³/mol. The summed E-state index contributed by atoms with van der Waals surface area (Å²) in [7, 11) is 1.60. The van der Waals surface area contributed by atoms with Crippen LogP contribution in [-0.2, 0) is 0 Å². The number of benzene rings is 2. The first-order valence-electron chi connectivity index (χ1n) is 8.85. The molecule has 0 spiro atoms. The molecule has 4 rings (SSSR count). The van der Waals surface area contributed by atoms with Gasteiger partial charge in [0, 0.05) is 10.7 Å². The Morgan fingerprint density at radius 2 is 1.80 bits per heavy atom. The third-order valence-electron chi connectivity index (χ3n) is 4.51. The van der Waals surface area contributed by atoms with Crippen molar-refractivity contribution in [3.05, 3.63) is 69.6 Å². The Kier molecular flexibility index (Phi) is 5.16. The highest BCUT2D eigenvalue weighted by atomic mass is 35.5. The van der Waals surface area contributed by atoms with E-state index in [2.05, 4.69) is 20.1 Å². The molecule has 150 valence electrons. The summed E-state index contributed by atoms with van der Waals surface area (Å²) in [6, 6.07) is 14.0. The number of aromatic nitrogens is 3. The van der Waals surface area contributed by atoms with Crippen LogP contribution in [0.1, 0.15) is 15.9 Å². The number of methoxy groups -OCH3 is 1. The normalized spacial score (nSPS) is 10.8. The van der Waals surface area contributed by atoms with Crippen LogP contribution in [0, 0.1) is 11.8 Å². The second-order valence-corrected chi connectivity index (χ2v) is 6.84. The fraction of sp³-hybridized carbons (Fsp3) is 0.0952. The molecule has 2 aromatic heterocycles. The molecule has 0 saturated heterocycles. The van der Waals surface area contributed by atoms with Gasteiger partial charge in [-0.1, -0.05) is 17.7 Å². The summed E-state index contributed by atoms with van der Waals surface area (Å²) in [6.45, 7) is 1.70. The summed E-state index contributed by atoms with van der Waals surface area (Å²) < 4.78 is 10.9. The molecule has 2 heterocycles. The van der Waals surface area contributed by atoms with Crippen LogP contribution in [0.3, 0.4) is 0 Å². The number of H-pyrrole nitrogens is 1. The van der Waals surface area contributed by atoms with E-state index in [1.165, 1.54) is 6.07 Å². The number of aryl methyl sites for hydroxylation is 1. The quantitative estimate of drug-likeness (QED) is 0.437. The molecule has 0 bridgehead atoms. The van der Waals surface area contributed by atoms with E-state index in [0.29, 0.717) is 33.2 Å². The van der Waals surface area contributed by atoms with Crippen LogP contribution in [0.15, 0.2) is 53.7 Å². The number of pyridine rings is 1. The minimum absolute atomic E-state index is 0.168. The second kappa shape index (κ2) is 7.92. The van der Waals surface area contributed by atoms with Gasteiger partial charge in [0.2, 0.25) is 0 Å². The molecule has 9 heteroatoms. The van der Waals surface area contributed by atoms with Crippen molar-refractivity contribution < 1.29 is 14.3 Å². The highest BCUT2D eigenvalue weighted by Gasteiger charge is 2.15. The maximum absolute atomic E-state index is 11.6. The first kappa shape index (κ1) is 19.5. The van der Waals surface area contributed by atoms with Crippen LogP contribution in [0.4, 0.5) is 0 Å². The van der Waals surface area contributed by atoms with E-state index in [9.17, 15) is 9.70 Å². The number of carbonyl (C=O) groups is 1. The lowest BCUT2D eigenvalue weighted by Crippen LogP contribution is -1.98.